The molecule has 2 heterocycles. The summed E-state index contributed by atoms with van der Waals surface area (Å²) in [4.78, 5) is 28.6. The summed E-state index contributed by atoms with van der Waals surface area (Å²) >= 11 is 0. The fraction of sp³-hybridized carbons (Fsp3) is 0.360. The van der Waals surface area contributed by atoms with Crippen LogP contribution >= 0.6 is 0 Å². The molecule has 3 aromatic rings. The van der Waals surface area contributed by atoms with Gasteiger partial charge in [0.15, 0.2) is 11.8 Å². The van der Waals surface area contributed by atoms with Crippen molar-refractivity contribution in [2.75, 3.05) is 4.90 Å². The summed E-state index contributed by atoms with van der Waals surface area (Å²) in [5, 5.41) is 3.15. The molecule has 6 nitrogen and oxygen atoms in total. The third kappa shape index (κ3) is 3.90. The van der Waals surface area contributed by atoms with Crippen molar-refractivity contribution >= 4 is 17.5 Å². The smallest absolute Gasteiger partial charge is 0.295 e. The molecule has 1 aromatic carbocycles. The van der Waals surface area contributed by atoms with Crippen LogP contribution in [0.5, 0.6) is 0 Å². The number of carbonyl (C=O) groups excluding carboxylic acids is 2. The molecule has 2 amide bonds. The molecule has 0 radical (unpaired) electrons. The van der Waals surface area contributed by atoms with Gasteiger partial charge < -0.3 is 14.2 Å². The van der Waals surface area contributed by atoms with Gasteiger partial charge in [0.25, 0.3) is 11.8 Å². The summed E-state index contributed by atoms with van der Waals surface area (Å²) in [6.45, 7) is 0. The summed E-state index contributed by atoms with van der Waals surface area (Å²) < 4.78 is 11.1. The fourth-order valence-electron chi connectivity index (χ4n) is 4.78. The van der Waals surface area contributed by atoms with Crippen LogP contribution in [0.25, 0.3) is 0 Å². The number of hydrogen-bond donors (Lipinski definition) is 1. The average molecular weight is 418 g/mol. The van der Waals surface area contributed by atoms with E-state index in [2.05, 4.69) is 11.4 Å². The molecule has 0 aliphatic heterocycles. The molecule has 2 aromatic heterocycles. The van der Waals surface area contributed by atoms with E-state index in [0.29, 0.717) is 11.4 Å². The van der Waals surface area contributed by atoms with Crippen LogP contribution in [0.4, 0.5) is 5.69 Å². The molecule has 0 unspecified atom stereocenters. The van der Waals surface area contributed by atoms with Gasteiger partial charge in [-0.05, 0) is 79.6 Å². The molecule has 1 atom stereocenters. The Morgan fingerprint density at radius 3 is 2.45 bits per heavy atom. The van der Waals surface area contributed by atoms with Crippen LogP contribution in [0.15, 0.2) is 63.8 Å². The molecule has 1 fully saturated rings. The summed E-state index contributed by atoms with van der Waals surface area (Å²) in [5.74, 6) is 0.00907. The van der Waals surface area contributed by atoms with Crippen molar-refractivity contribution in [3.8, 4) is 0 Å². The first-order valence-electron chi connectivity index (χ1n) is 11.0. The average Bonchev–Trinajstić information content (AvgIpc) is 3.57. The molecule has 6 heteroatoms. The molecule has 0 spiro atoms. The number of furan rings is 2. The van der Waals surface area contributed by atoms with Crippen molar-refractivity contribution in [1.82, 2.24) is 5.32 Å². The zero-order valence-electron chi connectivity index (χ0n) is 17.4. The molecular weight excluding hydrogens is 392 g/mol. The minimum atomic E-state index is -0.923. The molecule has 5 rings (SSSR count). The molecule has 2 aliphatic carbocycles. The number of nitrogens with one attached hydrogen (secondary N) is 1. The lowest BCUT2D eigenvalue weighted by molar-refractivity contribution is -0.123. The van der Waals surface area contributed by atoms with Crippen molar-refractivity contribution in [2.24, 2.45) is 0 Å². The van der Waals surface area contributed by atoms with E-state index in [1.807, 2.05) is 12.1 Å². The van der Waals surface area contributed by atoms with Crippen molar-refractivity contribution in [1.29, 1.82) is 0 Å². The van der Waals surface area contributed by atoms with Crippen molar-refractivity contribution < 1.29 is 18.4 Å². The molecule has 0 bridgehead atoms. The predicted octanol–water partition coefficient (Wildman–Crippen LogP) is 4.81. The minimum Gasteiger partial charge on any atom is -0.467 e. The number of aryl methyl sites for hydroxylation is 2. The highest BCUT2D eigenvalue weighted by atomic mass is 16.3. The minimum absolute atomic E-state index is 0.130. The van der Waals surface area contributed by atoms with Gasteiger partial charge in [-0.25, -0.2) is 0 Å². The topological polar surface area (TPSA) is 75.7 Å². The Labute approximate surface area is 181 Å². The van der Waals surface area contributed by atoms with Gasteiger partial charge in [-0.15, -0.1) is 0 Å². The summed E-state index contributed by atoms with van der Waals surface area (Å²) in [6.07, 6.45) is 10.3. The second-order valence-electron chi connectivity index (χ2n) is 8.37. The fourth-order valence-corrected chi connectivity index (χ4v) is 4.78. The lowest BCUT2D eigenvalue weighted by Crippen LogP contribution is -2.46. The number of rotatable bonds is 6. The Hall–Kier alpha value is -3.28. The van der Waals surface area contributed by atoms with E-state index in [0.717, 1.165) is 44.9 Å². The zero-order valence-corrected chi connectivity index (χ0v) is 17.4. The Kier molecular flexibility index (Phi) is 5.37. The standard InChI is InChI=1S/C25H26N2O4/c28-24(26-19-8-1-2-9-19)23(21-10-4-14-30-21)27(25(29)22-11-5-15-31-22)20-13-12-17-6-3-7-18(17)16-20/h4-5,10-16,19,23H,1-3,6-9H2,(H,26,28)/t23-/m1/s1. The van der Waals surface area contributed by atoms with E-state index in [4.69, 9.17) is 8.83 Å². The molecule has 1 N–H and O–H groups in total. The second kappa shape index (κ2) is 8.46. The maximum atomic E-state index is 13.6. The van der Waals surface area contributed by atoms with Crippen LogP contribution in [0.3, 0.4) is 0 Å². The van der Waals surface area contributed by atoms with Crippen molar-refractivity contribution in [3.63, 3.8) is 0 Å². The molecule has 0 saturated heterocycles. The van der Waals surface area contributed by atoms with Crippen LogP contribution in [-0.4, -0.2) is 17.9 Å². The van der Waals surface area contributed by atoms with Gasteiger partial charge in [0.2, 0.25) is 0 Å². The number of nitrogens with zero attached hydrogens (tertiary/aromatic N) is 1. The van der Waals surface area contributed by atoms with E-state index in [-0.39, 0.29) is 23.6 Å². The monoisotopic (exact) mass is 418 g/mol. The van der Waals surface area contributed by atoms with Gasteiger partial charge in [-0.3, -0.25) is 14.5 Å². The number of amides is 2. The van der Waals surface area contributed by atoms with Gasteiger partial charge in [-0.2, -0.15) is 0 Å². The second-order valence-corrected chi connectivity index (χ2v) is 8.37. The number of fused-ring (bicyclic) bond motifs is 1. The maximum absolute atomic E-state index is 13.6. The Morgan fingerprint density at radius 2 is 1.71 bits per heavy atom. The summed E-state index contributed by atoms with van der Waals surface area (Å²) in [7, 11) is 0. The van der Waals surface area contributed by atoms with Gasteiger partial charge in [-0.1, -0.05) is 18.9 Å². The first-order valence-corrected chi connectivity index (χ1v) is 11.0. The quantitative estimate of drug-likeness (QED) is 0.623. The third-order valence-electron chi connectivity index (χ3n) is 6.33. The van der Waals surface area contributed by atoms with Crippen LogP contribution in [0.1, 0.15) is 65.6 Å². The first kappa shape index (κ1) is 19.7. The van der Waals surface area contributed by atoms with Gasteiger partial charge in [0.1, 0.15) is 5.76 Å². The molecule has 31 heavy (non-hydrogen) atoms. The van der Waals surface area contributed by atoms with E-state index in [1.165, 1.54) is 28.6 Å². The lowest BCUT2D eigenvalue weighted by atomic mass is 10.1. The molecule has 1 saturated carbocycles. The lowest BCUT2D eigenvalue weighted by Gasteiger charge is -2.30. The number of benzene rings is 1. The highest BCUT2D eigenvalue weighted by Crippen LogP contribution is 2.34. The van der Waals surface area contributed by atoms with E-state index in [9.17, 15) is 9.59 Å². The van der Waals surface area contributed by atoms with E-state index < -0.39 is 6.04 Å². The number of carbonyl (C=O) groups is 2. The van der Waals surface area contributed by atoms with Gasteiger partial charge in [0.05, 0.1) is 12.5 Å². The Balaban J connectivity index is 1.57. The number of hydrogen-bond acceptors (Lipinski definition) is 4. The third-order valence-corrected chi connectivity index (χ3v) is 6.33. The Bertz CT molecular complexity index is 1050. The van der Waals surface area contributed by atoms with Crippen LogP contribution in [-0.2, 0) is 17.6 Å². The van der Waals surface area contributed by atoms with Gasteiger partial charge >= 0.3 is 0 Å². The van der Waals surface area contributed by atoms with E-state index in [1.54, 1.807) is 24.3 Å². The highest BCUT2D eigenvalue weighted by Gasteiger charge is 2.37. The SMILES string of the molecule is O=C(NC1CCCC1)[C@@H](c1ccco1)N(C(=O)c1ccco1)c1ccc2c(c1)CCC2. The van der Waals surface area contributed by atoms with Gasteiger partial charge in [0, 0.05) is 11.7 Å². The maximum Gasteiger partial charge on any atom is 0.295 e. The van der Waals surface area contributed by atoms with Crippen molar-refractivity contribution in [3.05, 3.63) is 77.6 Å². The van der Waals surface area contributed by atoms with E-state index >= 15 is 0 Å². The van der Waals surface area contributed by atoms with Crippen molar-refractivity contribution in [2.45, 2.75) is 57.0 Å². The molecule has 2 aliphatic rings. The molecule has 160 valence electrons. The largest absolute Gasteiger partial charge is 0.467 e. The predicted molar refractivity (Wildman–Crippen MR) is 116 cm³/mol. The van der Waals surface area contributed by atoms with Crippen LogP contribution in [0, 0.1) is 0 Å². The normalized spacial score (nSPS) is 16.8. The number of anilines is 1. The molecular formula is C25H26N2O4. The summed E-state index contributed by atoms with van der Waals surface area (Å²) in [6, 6.07) is 12.0. The highest BCUT2D eigenvalue weighted by molar-refractivity contribution is 6.08. The Morgan fingerprint density at radius 1 is 0.935 bits per heavy atom. The zero-order chi connectivity index (χ0) is 21.2. The summed E-state index contributed by atoms with van der Waals surface area (Å²) in [5.41, 5.74) is 3.20. The van der Waals surface area contributed by atoms with Crippen LogP contribution < -0.4 is 10.2 Å². The first-order chi connectivity index (χ1) is 15.2. The van der Waals surface area contributed by atoms with Crippen LogP contribution in [0.2, 0.25) is 0 Å².